The van der Waals surface area contributed by atoms with Crippen molar-refractivity contribution in [2.75, 3.05) is 19.8 Å². The van der Waals surface area contributed by atoms with Gasteiger partial charge < -0.3 is 14.2 Å². The molecule has 0 amide bonds. The predicted octanol–water partition coefficient (Wildman–Crippen LogP) is 5.40. The molecule has 0 N–H and O–H groups in total. The van der Waals surface area contributed by atoms with Crippen molar-refractivity contribution in [3.05, 3.63) is 34.4 Å². The Balaban J connectivity index is 2.76. The van der Waals surface area contributed by atoms with E-state index in [1.807, 2.05) is 13.8 Å². The summed E-state index contributed by atoms with van der Waals surface area (Å²) in [7, 11) is 0. The Morgan fingerprint density at radius 2 is 1.62 bits per heavy atom. The van der Waals surface area contributed by atoms with Crippen LogP contribution in [-0.2, 0) is 28.6 Å². The molecule has 0 bridgehead atoms. The topological polar surface area (TPSA) is 78.9 Å². The first-order valence-electron chi connectivity index (χ1n) is 12.0. The lowest BCUT2D eigenvalue weighted by Gasteiger charge is -2.27. The Bertz CT molecular complexity index is 851. The zero-order chi connectivity index (χ0) is 26.1. The van der Waals surface area contributed by atoms with Crippen molar-refractivity contribution >= 4 is 17.5 Å². The van der Waals surface area contributed by atoms with E-state index in [2.05, 4.69) is 0 Å². The highest BCUT2D eigenvalue weighted by Gasteiger charge is 2.31. The second-order valence-corrected chi connectivity index (χ2v) is 9.40. The molecule has 0 fully saturated rings. The number of carbonyl (C=O) groups excluding carboxylic acids is 3. The van der Waals surface area contributed by atoms with Gasteiger partial charge >= 0.3 is 5.97 Å². The lowest BCUT2D eigenvalue weighted by molar-refractivity contribution is -0.143. The molecule has 1 aliphatic rings. The van der Waals surface area contributed by atoms with E-state index in [-0.39, 0.29) is 31.2 Å². The van der Waals surface area contributed by atoms with E-state index in [0.717, 1.165) is 0 Å². The summed E-state index contributed by atoms with van der Waals surface area (Å²) in [6.45, 7) is 13.9. The third-order valence-electron chi connectivity index (χ3n) is 6.55. The van der Waals surface area contributed by atoms with Gasteiger partial charge in [-0.25, -0.2) is 4.39 Å². The van der Waals surface area contributed by atoms with E-state index in [4.69, 9.17) is 14.2 Å². The average Bonchev–Trinajstić information content (AvgIpc) is 2.89. The summed E-state index contributed by atoms with van der Waals surface area (Å²) in [5.41, 5.74) is 0.499. The number of esters is 1. The monoisotopic (exact) mass is 480 g/mol. The molecule has 0 aliphatic heterocycles. The van der Waals surface area contributed by atoms with Crippen LogP contribution in [0.4, 0.5) is 4.39 Å². The number of carbonyl (C=O) groups is 3. The van der Waals surface area contributed by atoms with Gasteiger partial charge in [0.1, 0.15) is 24.0 Å². The van der Waals surface area contributed by atoms with Crippen molar-refractivity contribution in [3.63, 3.8) is 0 Å². The molecule has 0 heterocycles. The van der Waals surface area contributed by atoms with Crippen molar-refractivity contribution in [1.82, 2.24) is 0 Å². The zero-order valence-corrected chi connectivity index (χ0v) is 22.0. The molecule has 0 saturated carbocycles. The number of hydrogen-bond donors (Lipinski definition) is 0. The number of alkyl halides is 1. The smallest absolute Gasteiger partial charge is 0.302 e. The van der Waals surface area contributed by atoms with Gasteiger partial charge in [0.2, 0.25) is 0 Å². The van der Waals surface area contributed by atoms with E-state index in [9.17, 15) is 14.4 Å². The van der Waals surface area contributed by atoms with Crippen LogP contribution in [0.15, 0.2) is 34.4 Å². The third-order valence-corrected chi connectivity index (χ3v) is 6.55. The molecule has 1 rings (SSSR count). The second kappa shape index (κ2) is 13.1. The summed E-state index contributed by atoms with van der Waals surface area (Å²) >= 11 is 0. The van der Waals surface area contributed by atoms with Crippen LogP contribution in [0.5, 0.6) is 0 Å². The predicted molar refractivity (Wildman–Crippen MR) is 130 cm³/mol. The molecule has 0 saturated heterocycles. The number of ether oxygens (including phenoxy) is 3. The van der Waals surface area contributed by atoms with Gasteiger partial charge in [0.25, 0.3) is 0 Å². The van der Waals surface area contributed by atoms with Crippen LogP contribution in [-0.4, -0.2) is 54.7 Å². The molecule has 0 aromatic rings. The van der Waals surface area contributed by atoms with E-state index in [1.165, 1.54) is 13.8 Å². The van der Waals surface area contributed by atoms with Crippen molar-refractivity contribution in [1.29, 1.82) is 0 Å². The number of ketones is 2. The van der Waals surface area contributed by atoms with Gasteiger partial charge in [-0.3, -0.25) is 14.4 Å². The van der Waals surface area contributed by atoms with E-state index < -0.39 is 23.3 Å². The Kier molecular flexibility index (Phi) is 11.5. The van der Waals surface area contributed by atoms with Gasteiger partial charge in [0, 0.05) is 20.0 Å². The fourth-order valence-corrected chi connectivity index (χ4v) is 3.54. The number of halogens is 1. The first-order chi connectivity index (χ1) is 15.8. The molecule has 7 heteroatoms. The van der Waals surface area contributed by atoms with Crippen LogP contribution in [0.3, 0.4) is 0 Å². The van der Waals surface area contributed by atoms with E-state index >= 15 is 4.39 Å². The molecule has 2 unspecified atom stereocenters. The van der Waals surface area contributed by atoms with Crippen molar-refractivity contribution in [2.24, 2.45) is 0 Å². The van der Waals surface area contributed by atoms with E-state index in [1.54, 1.807) is 39.8 Å². The van der Waals surface area contributed by atoms with Gasteiger partial charge in [-0.05, 0) is 76.2 Å². The third kappa shape index (κ3) is 8.27. The first-order valence-corrected chi connectivity index (χ1v) is 12.0. The largest absolute Gasteiger partial charge is 0.461 e. The summed E-state index contributed by atoms with van der Waals surface area (Å²) in [6.07, 6.45) is 4.00. The van der Waals surface area contributed by atoms with Crippen molar-refractivity contribution < 1.29 is 33.0 Å². The van der Waals surface area contributed by atoms with Crippen molar-refractivity contribution in [2.45, 2.75) is 98.4 Å². The molecule has 1 aliphatic carbocycles. The molecule has 192 valence electrons. The lowest BCUT2D eigenvalue weighted by Crippen LogP contribution is -2.37. The Labute approximate surface area is 203 Å². The summed E-state index contributed by atoms with van der Waals surface area (Å²) in [5.74, 6) is -0.545. The molecule has 0 radical (unpaired) electrons. The maximum atomic E-state index is 15.2. The summed E-state index contributed by atoms with van der Waals surface area (Å²) in [6, 6.07) is 0. The molecular weight excluding hydrogens is 439 g/mol. The number of Topliss-reactive ketones (excluding diaryl/α,β-unsaturated/α-hetero) is 2. The molecule has 34 heavy (non-hydrogen) atoms. The van der Waals surface area contributed by atoms with Gasteiger partial charge in [0.15, 0.2) is 11.6 Å². The van der Waals surface area contributed by atoms with Gasteiger partial charge in [-0.15, -0.1) is 0 Å². The first kappa shape index (κ1) is 29.9. The molecular formula is C27H41FO6. The Morgan fingerprint density at radius 1 is 1.00 bits per heavy atom. The normalized spacial score (nSPS) is 18.6. The van der Waals surface area contributed by atoms with Gasteiger partial charge in [-0.1, -0.05) is 26.0 Å². The Hall–Kier alpha value is -2.12. The fourth-order valence-electron chi connectivity index (χ4n) is 3.54. The SMILES string of the molecule is CCC1=C(COC(C)=O)C=CC(COC(C)(C)C(=O)CCCOC(C)(CC)C(C)=O)=C(C)C1F. The molecule has 6 nitrogen and oxygen atoms in total. The van der Waals surface area contributed by atoms with Crippen LogP contribution in [0, 0.1) is 0 Å². The highest BCUT2D eigenvalue weighted by atomic mass is 19.1. The fraction of sp³-hybridized carbons (Fsp3) is 0.667. The molecule has 0 aromatic carbocycles. The maximum absolute atomic E-state index is 15.2. The summed E-state index contributed by atoms with van der Waals surface area (Å²) in [4.78, 5) is 35.7. The van der Waals surface area contributed by atoms with Crippen LogP contribution < -0.4 is 0 Å². The van der Waals surface area contributed by atoms with Gasteiger partial charge in [-0.2, -0.15) is 0 Å². The minimum absolute atomic E-state index is 0.0175. The molecule has 0 aromatic heterocycles. The van der Waals surface area contributed by atoms with Crippen molar-refractivity contribution in [3.8, 4) is 0 Å². The zero-order valence-electron chi connectivity index (χ0n) is 22.0. The maximum Gasteiger partial charge on any atom is 0.302 e. The minimum Gasteiger partial charge on any atom is -0.461 e. The van der Waals surface area contributed by atoms with Crippen LogP contribution in [0.1, 0.15) is 81.1 Å². The number of rotatable bonds is 14. The highest BCUT2D eigenvalue weighted by molar-refractivity contribution is 5.86. The van der Waals surface area contributed by atoms with E-state index in [0.29, 0.717) is 48.2 Å². The number of allylic oxidation sites excluding steroid dienone is 2. The lowest BCUT2D eigenvalue weighted by atomic mass is 9.96. The summed E-state index contributed by atoms with van der Waals surface area (Å²) < 4.78 is 32.0. The van der Waals surface area contributed by atoms with Gasteiger partial charge in [0.05, 0.1) is 6.61 Å². The average molecular weight is 481 g/mol. The molecule has 2 atom stereocenters. The van der Waals surface area contributed by atoms with Crippen LogP contribution in [0.2, 0.25) is 0 Å². The van der Waals surface area contributed by atoms with Crippen LogP contribution in [0.25, 0.3) is 0 Å². The standard InChI is InChI=1S/C27H41FO6/c1-9-23-22(16-32-20(5)30)14-13-21(18(3)25(23)28)17-34-26(6,7)24(31)12-11-15-33-27(8,10-2)19(4)29/h13-14,25H,9-12,15-17H2,1-8H3. The Morgan fingerprint density at radius 3 is 2.15 bits per heavy atom. The highest BCUT2D eigenvalue weighted by Crippen LogP contribution is 2.30. The number of hydrogen-bond acceptors (Lipinski definition) is 6. The second-order valence-electron chi connectivity index (χ2n) is 9.40. The van der Waals surface area contributed by atoms with Crippen LogP contribution >= 0.6 is 0 Å². The summed E-state index contributed by atoms with van der Waals surface area (Å²) in [5, 5.41) is 0. The molecule has 0 spiro atoms. The minimum atomic E-state index is -1.31. The quantitative estimate of drug-likeness (QED) is 0.245.